The van der Waals surface area contributed by atoms with Gasteiger partial charge in [0.25, 0.3) is 0 Å². The first-order valence-electron chi connectivity index (χ1n) is 4.88. The Morgan fingerprint density at radius 3 is 2.83 bits per heavy atom. The van der Waals surface area contributed by atoms with Crippen molar-refractivity contribution in [3.63, 3.8) is 0 Å². The van der Waals surface area contributed by atoms with Crippen LogP contribution < -0.4 is 4.74 Å². The number of hydrogen-bond acceptors (Lipinski definition) is 3. The third-order valence-corrected chi connectivity index (χ3v) is 2.84. The quantitative estimate of drug-likeness (QED) is 0.925. The fourth-order valence-electron chi connectivity index (χ4n) is 1.28. The lowest BCUT2D eigenvalue weighted by molar-refractivity contribution is 0.0696. The van der Waals surface area contributed by atoms with E-state index in [4.69, 9.17) is 21.4 Å². The fraction of sp³-hybridized carbons (Fsp3) is 0. The number of ether oxygens (including phenoxy) is 1. The van der Waals surface area contributed by atoms with Crippen molar-refractivity contribution in [3.8, 4) is 11.6 Å². The highest BCUT2D eigenvalue weighted by Crippen LogP contribution is 2.29. The van der Waals surface area contributed by atoms with Gasteiger partial charge in [0.2, 0.25) is 5.88 Å². The second kappa shape index (κ2) is 5.37. The van der Waals surface area contributed by atoms with Crippen LogP contribution >= 0.6 is 27.5 Å². The van der Waals surface area contributed by atoms with E-state index in [1.807, 2.05) is 0 Å². The summed E-state index contributed by atoms with van der Waals surface area (Å²) >= 11 is 9.02. The zero-order valence-electron chi connectivity index (χ0n) is 8.93. The summed E-state index contributed by atoms with van der Waals surface area (Å²) in [7, 11) is 0. The normalized spacial score (nSPS) is 10.1. The Morgan fingerprint density at radius 2 is 2.17 bits per heavy atom. The van der Waals surface area contributed by atoms with Crippen LogP contribution in [0.25, 0.3) is 0 Å². The summed E-state index contributed by atoms with van der Waals surface area (Å²) < 4.78 is 6.07. The van der Waals surface area contributed by atoms with Gasteiger partial charge in [-0.25, -0.2) is 9.78 Å². The van der Waals surface area contributed by atoms with Gasteiger partial charge in [0, 0.05) is 6.20 Å². The van der Waals surface area contributed by atoms with Crippen molar-refractivity contribution in [1.29, 1.82) is 0 Å². The molecule has 0 aliphatic carbocycles. The number of halogens is 2. The van der Waals surface area contributed by atoms with Crippen molar-refractivity contribution in [3.05, 3.63) is 51.6 Å². The molecule has 2 aromatic rings. The maximum absolute atomic E-state index is 10.8. The molecule has 0 amide bonds. The van der Waals surface area contributed by atoms with Gasteiger partial charge in [-0.1, -0.05) is 17.7 Å². The molecule has 0 fully saturated rings. The highest BCUT2D eigenvalue weighted by Gasteiger charge is 2.08. The van der Waals surface area contributed by atoms with Crippen LogP contribution in [0.3, 0.4) is 0 Å². The van der Waals surface area contributed by atoms with Crippen LogP contribution in [0.5, 0.6) is 11.6 Å². The number of carbonyl (C=O) groups is 1. The summed E-state index contributed by atoms with van der Waals surface area (Å²) in [5, 5.41) is 9.35. The molecular weight excluding hydrogens is 321 g/mol. The van der Waals surface area contributed by atoms with Gasteiger partial charge in [-0.2, -0.15) is 0 Å². The van der Waals surface area contributed by atoms with Crippen molar-refractivity contribution >= 4 is 33.5 Å². The van der Waals surface area contributed by atoms with Gasteiger partial charge in [0.1, 0.15) is 5.75 Å². The van der Waals surface area contributed by atoms with E-state index in [1.165, 1.54) is 18.3 Å². The smallest absolute Gasteiger partial charge is 0.335 e. The van der Waals surface area contributed by atoms with Crippen LogP contribution in [-0.2, 0) is 0 Å². The second-order valence-corrected chi connectivity index (χ2v) is 4.67. The van der Waals surface area contributed by atoms with Gasteiger partial charge in [-0.05, 0) is 40.2 Å². The summed E-state index contributed by atoms with van der Waals surface area (Å²) in [6.45, 7) is 0. The highest BCUT2D eigenvalue weighted by atomic mass is 79.9. The first kappa shape index (κ1) is 12.9. The van der Waals surface area contributed by atoms with Crippen molar-refractivity contribution < 1.29 is 14.6 Å². The first-order valence-corrected chi connectivity index (χ1v) is 6.05. The monoisotopic (exact) mass is 327 g/mol. The van der Waals surface area contributed by atoms with E-state index in [-0.39, 0.29) is 5.56 Å². The third kappa shape index (κ3) is 3.00. The van der Waals surface area contributed by atoms with Crippen LogP contribution in [0.1, 0.15) is 10.4 Å². The minimum atomic E-state index is -1.01. The molecule has 92 valence electrons. The SMILES string of the molecule is O=C(O)c1cccc(Oc2ncc(Cl)cc2Br)c1. The molecule has 18 heavy (non-hydrogen) atoms. The average molecular weight is 329 g/mol. The Hall–Kier alpha value is -1.59. The summed E-state index contributed by atoms with van der Waals surface area (Å²) in [5.41, 5.74) is 0.151. The molecule has 6 heteroatoms. The molecule has 0 bridgehead atoms. The Morgan fingerprint density at radius 1 is 1.39 bits per heavy atom. The molecule has 0 aliphatic heterocycles. The molecule has 1 heterocycles. The molecule has 2 rings (SSSR count). The molecule has 0 saturated heterocycles. The number of aromatic carboxylic acids is 1. The van der Waals surface area contributed by atoms with Crippen molar-refractivity contribution in [1.82, 2.24) is 4.98 Å². The molecule has 1 aromatic carbocycles. The number of nitrogens with zero attached hydrogens (tertiary/aromatic N) is 1. The van der Waals surface area contributed by atoms with E-state index in [1.54, 1.807) is 18.2 Å². The molecule has 0 spiro atoms. The number of rotatable bonds is 3. The van der Waals surface area contributed by atoms with Crippen LogP contribution in [0.4, 0.5) is 0 Å². The lowest BCUT2D eigenvalue weighted by Gasteiger charge is -2.07. The van der Waals surface area contributed by atoms with Gasteiger partial charge in [0.15, 0.2) is 0 Å². The molecule has 4 nitrogen and oxygen atoms in total. The number of carboxylic acids is 1. The van der Waals surface area contributed by atoms with Gasteiger partial charge in [-0.3, -0.25) is 0 Å². The highest BCUT2D eigenvalue weighted by molar-refractivity contribution is 9.10. The van der Waals surface area contributed by atoms with E-state index in [0.29, 0.717) is 21.1 Å². The minimum absolute atomic E-state index is 0.151. The second-order valence-electron chi connectivity index (χ2n) is 3.38. The Kier molecular flexibility index (Phi) is 3.84. The summed E-state index contributed by atoms with van der Waals surface area (Å²) in [6, 6.07) is 7.80. The van der Waals surface area contributed by atoms with Crippen molar-refractivity contribution in [2.24, 2.45) is 0 Å². The van der Waals surface area contributed by atoms with E-state index in [2.05, 4.69) is 20.9 Å². The van der Waals surface area contributed by atoms with Gasteiger partial charge in [-0.15, -0.1) is 0 Å². The maximum atomic E-state index is 10.8. The first-order chi connectivity index (χ1) is 8.56. The third-order valence-electron chi connectivity index (χ3n) is 2.07. The number of pyridine rings is 1. The van der Waals surface area contributed by atoms with Crippen LogP contribution in [0.2, 0.25) is 5.02 Å². The van der Waals surface area contributed by atoms with Crippen molar-refractivity contribution in [2.75, 3.05) is 0 Å². The molecule has 0 radical (unpaired) electrons. The molecule has 0 saturated carbocycles. The summed E-state index contributed by atoms with van der Waals surface area (Å²) in [4.78, 5) is 14.8. The largest absolute Gasteiger partial charge is 0.478 e. The van der Waals surface area contributed by atoms with Gasteiger partial charge in [0.05, 0.1) is 15.1 Å². The predicted molar refractivity (Wildman–Crippen MR) is 70.4 cm³/mol. The number of carboxylic acid groups (broad SMARTS) is 1. The van der Waals surface area contributed by atoms with Gasteiger partial charge < -0.3 is 9.84 Å². The molecular formula is C12H7BrClNO3. The molecule has 0 aliphatic rings. The molecule has 0 unspecified atom stereocenters. The lowest BCUT2D eigenvalue weighted by atomic mass is 10.2. The van der Waals surface area contributed by atoms with Gasteiger partial charge >= 0.3 is 5.97 Å². The molecule has 1 N–H and O–H groups in total. The minimum Gasteiger partial charge on any atom is -0.478 e. The van der Waals surface area contributed by atoms with Crippen molar-refractivity contribution in [2.45, 2.75) is 0 Å². The zero-order chi connectivity index (χ0) is 13.1. The zero-order valence-corrected chi connectivity index (χ0v) is 11.3. The molecule has 0 atom stereocenters. The van der Waals surface area contributed by atoms with Crippen LogP contribution in [0.15, 0.2) is 41.0 Å². The van der Waals surface area contributed by atoms with Crippen LogP contribution in [0, 0.1) is 0 Å². The lowest BCUT2D eigenvalue weighted by Crippen LogP contribution is -1.96. The maximum Gasteiger partial charge on any atom is 0.335 e. The Balaban J connectivity index is 2.28. The number of aromatic nitrogens is 1. The number of hydrogen-bond donors (Lipinski definition) is 1. The standard InChI is InChI=1S/C12H7BrClNO3/c13-10-5-8(14)6-15-11(10)18-9-3-1-2-7(4-9)12(16)17/h1-6H,(H,16,17). The predicted octanol–water partition coefficient (Wildman–Crippen LogP) is 3.99. The van der Waals surface area contributed by atoms with Crippen LogP contribution in [-0.4, -0.2) is 16.1 Å². The van der Waals surface area contributed by atoms with E-state index in [9.17, 15) is 4.79 Å². The van der Waals surface area contributed by atoms with E-state index >= 15 is 0 Å². The Labute approximate surface area is 116 Å². The summed E-state index contributed by atoms with van der Waals surface area (Å²) in [6.07, 6.45) is 1.45. The van der Waals surface area contributed by atoms with E-state index in [0.717, 1.165) is 0 Å². The number of benzene rings is 1. The summed E-state index contributed by atoms with van der Waals surface area (Å²) in [5.74, 6) is -0.295. The van der Waals surface area contributed by atoms with E-state index < -0.39 is 5.97 Å². The average Bonchev–Trinajstić information content (AvgIpc) is 2.33. The Bertz CT molecular complexity index is 604. The topological polar surface area (TPSA) is 59.4 Å². The molecule has 1 aromatic heterocycles. The fourth-order valence-corrected chi connectivity index (χ4v) is 2.00.